The standard InChI is InChI=1S/C26H32N2O5S/c1-3-9-23(29)26(20-10-5-4-6-11-20)15-18-28(19-16-26)24(30)14-17-27-25(31)21-12-7-8-13-22(21)34(2,32)33/h4-8,10-13H,3,9,14-19H2,1-2H3,(H,27,31). The van der Waals surface area contributed by atoms with Crippen molar-refractivity contribution in [2.24, 2.45) is 0 Å². The van der Waals surface area contributed by atoms with Crippen LogP contribution in [0.4, 0.5) is 0 Å². The molecule has 1 fully saturated rings. The van der Waals surface area contributed by atoms with E-state index >= 15 is 0 Å². The van der Waals surface area contributed by atoms with E-state index in [1.807, 2.05) is 37.3 Å². The molecule has 0 radical (unpaired) electrons. The Balaban J connectivity index is 1.59. The summed E-state index contributed by atoms with van der Waals surface area (Å²) in [5.74, 6) is -0.396. The zero-order chi connectivity index (χ0) is 24.8. The van der Waals surface area contributed by atoms with Gasteiger partial charge >= 0.3 is 0 Å². The molecule has 8 heteroatoms. The fourth-order valence-corrected chi connectivity index (χ4v) is 5.49. The lowest BCUT2D eigenvalue weighted by Gasteiger charge is -2.41. The number of likely N-dealkylation sites (tertiary alicyclic amines) is 1. The van der Waals surface area contributed by atoms with E-state index < -0.39 is 21.2 Å². The highest BCUT2D eigenvalue weighted by atomic mass is 32.2. The smallest absolute Gasteiger partial charge is 0.252 e. The normalized spacial score (nSPS) is 15.5. The molecule has 1 saturated heterocycles. The zero-order valence-electron chi connectivity index (χ0n) is 19.7. The molecule has 34 heavy (non-hydrogen) atoms. The Kier molecular flexibility index (Phi) is 8.25. The Bertz CT molecular complexity index is 1140. The van der Waals surface area contributed by atoms with E-state index in [4.69, 9.17) is 0 Å². The number of rotatable bonds is 9. The topological polar surface area (TPSA) is 101 Å². The van der Waals surface area contributed by atoms with Crippen LogP contribution in [-0.2, 0) is 24.8 Å². The summed E-state index contributed by atoms with van der Waals surface area (Å²) in [4.78, 5) is 40.1. The van der Waals surface area contributed by atoms with Gasteiger partial charge < -0.3 is 10.2 Å². The van der Waals surface area contributed by atoms with Crippen molar-refractivity contribution >= 4 is 27.4 Å². The van der Waals surface area contributed by atoms with Crippen molar-refractivity contribution in [1.82, 2.24) is 10.2 Å². The van der Waals surface area contributed by atoms with E-state index in [0.29, 0.717) is 32.4 Å². The number of nitrogens with one attached hydrogen (secondary N) is 1. The number of piperidine rings is 1. The zero-order valence-corrected chi connectivity index (χ0v) is 20.6. The average molecular weight is 485 g/mol. The molecule has 0 saturated carbocycles. The molecule has 2 aromatic carbocycles. The lowest BCUT2D eigenvalue weighted by Crippen LogP contribution is -2.49. The molecule has 1 aliphatic rings. The second kappa shape index (κ2) is 11.0. The van der Waals surface area contributed by atoms with E-state index in [1.54, 1.807) is 17.0 Å². The van der Waals surface area contributed by atoms with Crippen molar-refractivity contribution in [2.45, 2.75) is 49.3 Å². The number of nitrogens with zero attached hydrogens (tertiary/aromatic N) is 1. The van der Waals surface area contributed by atoms with Crippen LogP contribution in [0, 0.1) is 0 Å². The first-order valence-corrected chi connectivity index (χ1v) is 13.5. The Morgan fingerprint density at radius 1 is 0.941 bits per heavy atom. The van der Waals surface area contributed by atoms with E-state index in [1.165, 1.54) is 12.1 Å². The number of ketones is 1. The fourth-order valence-electron chi connectivity index (χ4n) is 4.60. The van der Waals surface area contributed by atoms with Crippen LogP contribution in [-0.4, -0.2) is 56.8 Å². The summed E-state index contributed by atoms with van der Waals surface area (Å²) in [6, 6.07) is 15.8. The lowest BCUT2D eigenvalue weighted by molar-refractivity contribution is -0.136. The minimum Gasteiger partial charge on any atom is -0.351 e. The largest absolute Gasteiger partial charge is 0.351 e. The van der Waals surface area contributed by atoms with Gasteiger partial charge in [0.05, 0.1) is 15.9 Å². The summed E-state index contributed by atoms with van der Waals surface area (Å²) < 4.78 is 23.9. The minimum absolute atomic E-state index is 0.0381. The number of Topliss-reactive ketones (excluding diaryl/α,β-unsaturated/α-hetero) is 1. The first kappa shape index (κ1) is 25.6. The molecule has 0 aromatic heterocycles. The Labute approximate surface area is 201 Å². The van der Waals surface area contributed by atoms with Crippen LogP contribution in [0.2, 0.25) is 0 Å². The van der Waals surface area contributed by atoms with E-state index in [2.05, 4.69) is 5.32 Å². The maximum atomic E-state index is 13.1. The summed E-state index contributed by atoms with van der Waals surface area (Å²) >= 11 is 0. The van der Waals surface area contributed by atoms with Gasteiger partial charge in [0, 0.05) is 38.7 Å². The summed E-state index contributed by atoms with van der Waals surface area (Å²) in [7, 11) is -3.55. The Morgan fingerprint density at radius 3 is 2.18 bits per heavy atom. The van der Waals surface area contributed by atoms with Gasteiger partial charge in [-0.3, -0.25) is 14.4 Å². The highest BCUT2D eigenvalue weighted by Gasteiger charge is 2.42. The van der Waals surface area contributed by atoms with Gasteiger partial charge in [-0.15, -0.1) is 0 Å². The van der Waals surface area contributed by atoms with Crippen molar-refractivity contribution in [3.05, 3.63) is 65.7 Å². The van der Waals surface area contributed by atoms with E-state index in [9.17, 15) is 22.8 Å². The molecule has 2 amide bonds. The van der Waals surface area contributed by atoms with E-state index in [-0.39, 0.29) is 35.1 Å². The molecule has 7 nitrogen and oxygen atoms in total. The number of sulfone groups is 1. The van der Waals surface area contributed by atoms with Crippen molar-refractivity contribution in [3.63, 3.8) is 0 Å². The van der Waals surface area contributed by atoms with Crippen molar-refractivity contribution in [1.29, 1.82) is 0 Å². The van der Waals surface area contributed by atoms with Gasteiger partial charge in [-0.1, -0.05) is 49.4 Å². The molecule has 0 spiro atoms. The SMILES string of the molecule is CCCC(=O)C1(c2ccccc2)CCN(C(=O)CCNC(=O)c2ccccc2S(C)(=O)=O)CC1. The molecule has 1 N–H and O–H groups in total. The van der Waals surface area contributed by atoms with Gasteiger partial charge in [-0.25, -0.2) is 8.42 Å². The van der Waals surface area contributed by atoms with Crippen LogP contribution in [0.5, 0.6) is 0 Å². The van der Waals surface area contributed by atoms with Crippen LogP contribution < -0.4 is 5.32 Å². The van der Waals surface area contributed by atoms with Gasteiger partial charge in [-0.05, 0) is 37.0 Å². The minimum atomic E-state index is -3.55. The summed E-state index contributed by atoms with van der Waals surface area (Å²) in [6.45, 7) is 3.06. The maximum Gasteiger partial charge on any atom is 0.252 e. The third-order valence-corrected chi connectivity index (χ3v) is 7.62. The lowest BCUT2D eigenvalue weighted by atomic mass is 9.68. The highest BCUT2D eigenvalue weighted by Crippen LogP contribution is 2.38. The molecule has 1 heterocycles. The summed E-state index contributed by atoms with van der Waals surface area (Å²) in [5, 5.41) is 2.65. The van der Waals surface area contributed by atoms with Gasteiger partial charge in [0.25, 0.3) is 5.91 Å². The number of hydrogen-bond donors (Lipinski definition) is 1. The molecule has 1 aliphatic heterocycles. The van der Waals surface area contributed by atoms with Gasteiger partial charge in [-0.2, -0.15) is 0 Å². The fraction of sp³-hybridized carbons (Fsp3) is 0.423. The molecular formula is C26H32N2O5S. The first-order valence-electron chi connectivity index (χ1n) is 11.6. The Hall–Kier alpha value is -3.00. The molecule has 0 atom stereocenters. The number of benzene rings is 2. The van der Waals surface area contributed by atoms with Gasteiger partial charge in [0.15, 0.2) is 9.84 Å². The van der Waals surface area contributed by atoms with Crippen LogP contribution in [0.15, 0.2) is 59.5 Å². The monoisotopic (exact) mass is 484 g/mol. The molecular weight excluding hydrogens is 452 g/mol. The molecule has 0 unspecified atom stereocenters. The van der Waals surface area contributed by atoms with Crippen molar-refractivity contribution in [3.8, 4) is 0 Å². The summed E-state index contributed by atoms with van der Waals surface area (Å²) in [6.07, 6.45) is 3.63. The number of hydrogen-bond acceptors (Lipinski definition) is 5. The molecule has 2 aromatic rings. The van der Waals surface area contributed by atoms with Gasteiger partial charge in [0.2, 0.25) is 5.91 Å². The Morgan fingerprint density at radius 2 is 1.56 bits per heavy atom. The van der Waals surface area contributed by atoms with E-state index in [0.717, 1.165) is 18.2 Å². The molecule has 0 bridgehead atoms. The van der Waals surface area contributed by atoms with Crippen LogP contribution >= 0.6 is 0 Å². The van der Waals surface area contributed by atoms with Crippen molar-refractivity contribution in [2.75, 3.05) is 25.9 Å². The summed E-state index contributed by atoms with van der Waals surface area (Å²) in [5.41, 5.74) is 0.521. The number of amides is 2. The second-order valence-electron chi connectivity index (χ2n) is 8.78. The number of carbonyl (C=O) groups is 3. The number of carbonyl (C=O) groups excluding carboxylic acids is 3. The third-order valence-electron chi connectivity index (χ3n) is 6.46. The quantitative estimate of drug-likeness (QED) is 0.589. The van der Waals surface area contributed by atoms with Crippen molar-refractivity contribution < 1.29 is 22.8 Å². The predicted octanol–water partition coefficient (Wildman–Crippen LogP) is 3.14. The van der Waals surface area contributed by atoms with Crippen LogP contribution in [0.3, 0.4) is 0 Å². The predicted molar refractivity (Wildman–Crippen MR) is 130 cm³/mol. The average Bonchev–Trinajstić information content (AvgIpc) is 2.84. The van der Waals surface area contributed by atoms with Gasteiger partial charge in [0.1, 0.15) is 5.78 Å². The molecule has 0 aliphatic carbocycles. The second-order valence-corrected chi connectivity index (χ2v) is 10.8. The van der Waals surface area contributed by atoms with Crippen LogP contribution in [0.1, 0.15) is 54.9 Å². The molecule has 3 rings (SSSR count). The highest BCUT2D eigenvalue weighted by molar-refractivity contribution is 7.90. The first-order chi connectivity index (χ1) is 16.2. The molecule has 182 valence electrons. The maximum absolute atomic E-state index is 13.1. The third kappa shape index (κ3) is 5.73. The van der Waals surface area contributed by atoms with Crippen LogP contribution in [0.25, 0.3) is 0 Å².